The molecule has 616 valence electrons. The zero-order valence-electron chi connectivity index (χ0n) is 66.2. The van der Waals surface area contributed by atoms with Gasteiger partial charge in [-0.2, -0.15) is 0 Å². The molecule has 17 unspecified atom stereocenters. The van der Waals surface area contributed by atoms with Gasteiger partial charge in [-0.1, -0.05) is 330 Å². The van der Waals surface area contributed by atoms with Gasteiger partial charge in [-0.05, 0) is 77.0 Å². The van der Waals surface area contributed by atoms with E-state index >= 15 is 0 Å². The first-order valence-electron chi connectivity index (χ1n) is 42.8. The zero-order chi connectivity index (χ0) is 76.7. The molecule has 3 heterocycles. The Balaban J connectivity index is 1.32. The van der Waals surface area contributed by atoms with Gasteiger partial charge in [0.25, 0.3) is 0 Å². The van der Waals surface area contributed by atoms with Crippen LogP contribution in [0.15, 0.2) is 85.1 Å². The van der Waals surface area contributed by atoms with Crippen molar-refractivity contribution >= 4 is 5.91 Å². The molecular formula is C87H155NO18. The Morgan fingerprint density at radius 1 is 0.349 bits per heavy atom. The molecule has 0 spiro atoms. The van der Waals surface area contributed by atoms with Crippen molar-refractivity contribution in [1.82, 2.24) is 5.32 Å². The minimum atomic E-state index is -1.98. The molecule has 3 rings (SSSR count). The fourth-order valence-corrected chi connectivity index (χ4v) is 14.1. The van der Waals surface area contributed by atoms with Gasteiger partial charge in [0.05, 0.1) is 38.6 Å². The van der Waals surface area contributed by atoms with Crippen LogP contribution in [0, 0.1) is 0 Å². The van der Waals surface area contributed by atoms with Gasteiger partial charge in [0.2, 0.25) is 5.91 Å². The molecule has 0 saturated carbocycles. The lowest BCUT2D eigenvalue weighted by molar-refractivity contribution is -0.379. The van der Waals surface area contributed by atoms with E-state index in [1.165, 1.54) is 225 Å². The van der Waals surface area contributed by atoms with Crippen molar-refractivity contribution in [3.8, 4) is 0 Å². The van der Waals surface area contributed by atoms with Crippen LogP contribution in [0.25, 0.3) is 0 Å². The summed E-state index contributed by atoms with van der Waals surface area (Å²) < 4.78 is 34.5. The van der Waals surface area contributed by atoms with Crippen LogP contribution in [0.3, 0.4) is 0 Å². The average Bonchev–Trinajstić information content (AvgIpc) is 0.780. The maximum atomic E-state index is 13.5. The second kappa shape index (κ2) is 66.6. The lowest BCUT2D eigenvalue weighted by Crippen LogP contribution is -2.66. The lowest BCUT2D eigenvalue weighted by atomic mass is 9.96. The van der Waals surface area contributed by atoms with Crippen molar-refractivity contribution in [3.63, 3.8) is 0 Å². The Labute approximate surface area is 641 Å². The van der Waals surface area contributed by atoms with E-state index in [1.54, 1.807) is 6.08 Å². The summed E-state index contributed by atoms with van der Waals surface area (Å²) in [5.74, 6) is -0.281. The highest BCUT2D eigenvalue weighted by Gasteiger charge is 2.54. The van der Waals surface area contributed by atoms with Gasteiger partial charge in [-0.3, -0.25) is 4.79 Å². The van der Waals surface area contributed by atoms with Crippen LogP contribution in [-0.4, -0.2) is 193 Å². The molecule has 12 N–H and O–H groups in total. The first-order valence-corrected chi connectivity index (χ1v) is 42.8. The molecule has 0 aliphatic carbocycles. The van der Waals surface area contributed by atoms with Crippen molar-refractivity contribution in [2.45, 2.75) is 433 Å². The average molecular weight is 1500 g/mol. The summed E-state index contributed by atoms with van der Waals surface area (Å²) in [5.41, 5.74) is 0. The summed E-state index contributed by atoms with van der Waals surface area (Å²) in [6.45, 7) is 1.64. The molecule has 17 atom stereocenters. The minimum Gasteiger partial charge on any atom is -0.394 e. The van der Waals surface area contributed by atoms with E-state index < -0.39 is 124 Å². The van der Waals surface area contributed by atoms with Crippen LogP contribution in [0.2, 0.25) is 0 Å². The Morgan fingerprint density at radius 2 is 0.660 bits per heavy atom. The smallest absolute Gasteiger partial charge is 0.220 e. The van der Waals surface area contributed by atoms with Crippen LogP contribution >= 0.6 is 0 Å². The van der Waals surface area contributed by atoms with Gasteiger partial charge in [0.15, 0.2) is 18.9 Å². The van der Waals surface area contributed by atoms with E-state index in [0.717, 1.165) is 70.6 Å². The van der Waals surface area contributed by atoms with Crippen molar-refractivity contribution in [1.29, 1.82) is 0 Å². The standard InChI is InChI=1S/C87H155NO18/c1-3-5-7-9-11-13-15-17-19-21-23-25-27-28-29-30-31-32-33-34-35-36-37-38-39-40-41-42-43-45-47-49-51-53-55-57-59-61-63-65-75(93)88-70(71(92)64-62-60-58-56-54-52-50-48-46-44-26-24-22-20-18-16-14-12-10-8-6-4-2)69-101-85-81(99)78(96)83(73(67-90)103-85)106-87-82(100)79(97)84(74(68-91)104-87)105-86-80(98)77(95)76(94)72(66-89)102-86/h5,7,11,13,17,19,23,25,28-29,54,56,62,64,70-74,76-87,89-92,94-100H,3-4,6,8-10,12,14-16,18,20-22,24,26-27,30-53,55,57-61,63,65-69H2,1-2H3,(H,88,93)/b7-5-,13-11-,19-17-,25-23-,29-28-,56-54+,64-62+. The number of nitrogens with one attached hydrogen (secondary N) is 1. The van der Waals surface area contributed by atoms with Gasteiger partial charge in [0, 0.05) is 6.42 Å². The summed E-state index contributed by atoms with van der Waals surface area (Å²) in [6.07, 6.45) is 63.0. The summed E-state index contributed by atoms with van der Waals surface area (Å²) >= 11 is 0. The molecule has 3 fully saturated rings. The first-order chi connectivity index (χ1) is 51.8. The van der Waals surface area contributed by atoms with Crippen molar-refractivity contribution < 1.29 is 89.4 Å². The molecular weight excluding hydrogens is 1350 g/mol. The summed E-state index contributed by atoms with van der Waals surface area (Å²) in [5, 5.41) is 121. The molecule has 3 aliphatic rings. The number of allylic oxidation sites excluding steroid dienone is 13. The van der Waals surface area contributed by atoms with Gasteiger partial charge in [0.1, 0.15) is 73.2 Å². The van der Waals surface area contributed by atoms with Crippen molar-refractivity contribution in [2.75, 3.05) is 26.4 Å². The SMILES string of the molecule is CC/C=C\C/C=C\C/C=C\C/C=C\C/C=C\CCCCCCCCCCCCCCCCCCCCCCCCCC(=O)NC(COC1OC(CO)C(OC2OC(CO)C(OC3OC(CO)C(O)C(O)C3O)C(O)C2O)C(O)C1O)C(O)/C=C/CC/C=C/CCCCCCCCCCCCCCCCCC. The highest BCUT2D eigenvalue weighted by Crippen LogP contribution is 2.33. The number of aliphatic hydroxyl groups excluding tert-OH is 11. The number of aliphatic hydroxyl groups is 11. The predicted octanol–water partition coefficient (Wildman–Crippen LogP) is 15.3. The number of rotatable bonds is 68. The van der Waals surface area contributed by atoms with E-state index in [4.69, 9.17) is 28.4 Å². The predicted molar refractivity (Wildman–Crippen MR) is 424 cm³/mol. The van der Waals surface area contributed by atoms with Crippen LogP contribution < -0.4 is 5.32 Å². The molecule has 0 aromatic rings. The quantitative estimate of drug-likeness (QED) is 0.0199. The molecule has 19 heteroatoms. The number of amides is 1. The Bertz CT molecular complexity index is 2240. The van der Waals surface area contributed by atoms with E-state index in [1.807, 2.05) is 6.08 Å². The highest BCUT2D eigenvalue weighted by atomic mass is 16.8. The molecule has 0 bridgehead atoms. The van der Waals surface area contributed by atoms with E-state index in [0.29, 0.717) is 12.8 Å². The van der Waals surface area contributed by atoms with Gasteiger partial charge in [-0.25, -0.2) is 0 Å². The third kappa shape index (κ3) is 45.5. The van der Waals surface area contributed by atoms with Gasteiger partial charge >= 0.3 is 0 Å². The van der Waals surface area contributed by atoms with E-state index in [-0.39, 0.29) is 18.9 Å². The summed E-state index contributed by atoms with van der Waals surface area (Å²) in [4.78, 5) is 13.5. The second-order valence-electron chi connectivity index (χ2n) is 30.3. The van der Waals surface area contributed by atoms with Crippen LogP contribution in [0.5, 0.6) is 0 Å². The van der Waals surface area contributed by atoms with Crippen LogP contribution in [0.1, 0.15) is 328 Å². The van der Waals surface area contributed by atoms with Gasteiger partial charge in [-0.15, -0.1) is 0 Å². The minimum absolute atomic E-state index is 0.236. The van der Waals surface area contributed by atoms with Crippen molar-refractivity contribution in [3.05, 3.63) is 85.1 Å². The molecule has 19 nitrogen and oxygen atoms in total. The van der Waals surface area contributed by atoms with Crippen LogP contribution in [-0.2, 0) is 33.2 Å². The molecule has 106 heavy (non-hydrogen) atoms. The maximum absolute atomic E-state index is 13.5. The molecule has 3 aliphatic heterocycles. The van der Waals surface area contributed by atoms with E-state index in [2.05, 4.69) is 92.1 Å². The Kier molecular flexibility index (Phi) is 61.0. The highest BCUT2D eigenvalue weighted by molar-refractivity contribution is 5.76. The number of hydrogen-bond donors (Lipinski definition) is 12. The normalized spacial score (nSPS) is 26.1. The number of carbonyl (C=O) groups is 1. The zero-order valence-corrected chi connectivity index (χ0v) is 66.2. The molecule has 0 aromatic heterocycles. The number of ether oxygens (including phenoxy) is 6. The monoisotopic (exact) mass is 1500 g/mol. The summed E-state index contributed by atoms with van der Waals surface area (Å²) in [6, 6.07) is -0.993. The second-order valence-corrected chi connectivity index (χ2v) is 30.3. The molecule has 0 radical (unpaired) electrons. The van der Waals surface area contributed by atoms with Crippen LogP contribution in [0.4, 0.5) is 0 Å². The maximum Gasteiger partial charge on any atom is 0.220 e. The topological polar surface area (TPSA) is 307 Å². The fourth-order valence-electron chi connectivity index (χ4n) is 14.1. The third-order valence-corrected chi connectivity index (χ3v) is 20.9. The number of hydrogen-bond acceptors (Lipinski definition) is 18. The lowest BCUT2D eigenvalue weighted by Gasteiger charge is -2.48. The van der Waals surface area contributed by atoms with Gasteiger partial charge < -0.3 is 89.9 Å². The van der Waals surface area contributed by atoms with Crippen molar-refractivity contribution in [2.24, 2.45) is 0 Å². The third-order valence-electron chi connectivity index (χ3n) is 20.9. The van der Waals surface area contributed by atoms with E-state index in [9.17, 15) is 61.0 Å². The fraction of sp³-hybridized carbons (Fsp3) is 0.828. The first kappa shape index (κ1) is 97.2. The summed E-state index contributed by atoms with van der Waals surface area (Å²) in [7, 11) is 0. The molecule has 3 saturated heterocycles. The molecule has 1 amide bonds. The Hall–Kier alpha value is -3.03. The number of unbranched alkanes of at least 4 members (excludes halogenated alkanes) is 40. The largest absolute Gasteiger partial charge is 0.394 e. The molecule has 0 aromatic carbocycles. The number of carbonyl (C=O) groups excluding carboxylic acids is 1. The Morgan fingerprint density at radius 3 is 1.06 bits per heavy atom.